The Hall–Kier alpha value is -1.06. The monoisotopic (exact) mass is 289 g/mol. The Labute approximate surface area is 130 Å². The number of benzene rings is 1. The maximum atomic E-state index is 3.62. The van der Waals surface area contributed by atoms with Gasteiger partial charge in [0, 0.05) is 36.9 Å². The molecule has 0 aliphatic carbocycles. The predicted octanol–water partition coefficient (Wildman–Crippen LogP) is 3.28. The molecule has 0 saturated carbocycles. The van der Waals surface area contributed by atoms with Gasteiger partial charge in [-0.1, -0.05) is 25.1 Å². The minimum absolute atomic E-state index is 0.409. The molecule has 3 atom stereocenters. The first-order valence-electron chi connectivity index (χ1n) is 8.33. The standard InChI is InChI=1S/C18H31N3/c1-6-11-19-16(4)17-9-7-8-10-18(17)21-12-14(2)20(5)15(3)13-21/h7-10,14-16,19H,6,11-13H2,1-5H3. The molecule has 3 heteroatoms. The Morgan fingerprint density at radius 1 is 1.19 bits per heavy atom. The third-order valence-corrected chi connectivity index (χ3v) is 4.80. The van der Waals surface area contributed by atoms with Gasteiger partial charge in [-0.2, -0.15) is 0 Å². The summed E-state index contributed by atoms with van der Waals surface area (Å²) in [5.74, 6) is 0. The highest BCUT2D eigenvalue weighted by Crippen LogP contribution is 2.29. The summed E-state index contributed by atoms with van der Waals surface area (Å²) in [6, 6.07) is 10.5. The molecule has 1 aliphatic heterocycles. The molecule has 0 spiro atoms. The summed E-state index contributed by atoms with van der Waals surface area (Å²) in [5.41, 5.74) is 2.83. The average molecular weight is 289 g/mol. The van der Waals surface area contributed by atoms with Crippen LogP contribution in [-0.2, 0) is 0 Å². The van der Waals surface area contributed by atoms with Crippen LogP contribution in [0.4, 0.5) is 5.69 Å². The maximum absolute atomic E-state index is 3.62. The van der Waals surface area contributed by atoms with Gasteiger partial charge in [-0.15, -0.1) is 0 Å². The number of hydrogen-bond donors (Lipinski definition) is 1. The van der Waals surface area contributed by atoms with E-state index < -0.39 is 0 Å². The molecular weight excluding hydrogens is 258 g/mol. The third kappa shape index (κ3) is 3.78. The largest absolute Gasteiger partial charge is 0.368 e. The number of rotatable bonds is 5. The van der Waals surface area contributed by atoms with Crippen molar-refractivity contribution in [2.75, 3.05) is 31.6 Å². The number of hydrogen-bond acceptors (Lipinski definition) is 3. The van der Waals surface area contributed by atoms with Crippen LogP contribution >= 0.6 is 0 Å². The average Bonchev–Trinajstić information content (AvgIpc) is 2.49. The van der Waals surface area contributed by atoms with Crippen LogP contribution in [0.2, 0.25) is 0 Å². The molecule has 0 radical (unpaired) electrons. The van der Waals surface area contributed by atoms with E-state index in [1.165, 1.54) is 17.7 Å². The number of nitrogens with one attached hydrogen (secondary N) is 1. The Bertz CT molecular complexity index is 434. The van der Waals surface area contributed by atoms with E-state index in [4.69, 9.17) is 0 Å². The Kier molecular flexibility index (Phi) is 5.65. The van der Waals surface area contributed by atoms with Crippen molar-refractivity contribution in [3.05, 3.63) is 29.8 Å². The topological polar surface area (TPSA) is 18.5 Å². The van der Waals surface area contributed by atoms with Crippen LogP contribution in [0.25, 0.3) is 0 Å². The number of likely N-dealkylation sites (N-methyl/N-ethyl adjacent to an activating group) is 1. The summed E-state index contributed by atoms with van der Waals surface area (Å²) < 4.78 is 0. The fraction of sp³-hybridized carbons (Fsp3) is 0.667. The van der Waals surface area contributed by atoms with Crippen molar-refractivity contribution in [2.24, 2.45) is 0 Å². The van der Waals surface area contributed by atoms with E-state index in [0.717, 1.165) is 19.6 Å². The van der Waals surface area contributed by atoms with Gasteiger partial charge in [0.15, 0.2) is 0 Å². The molecule has 0 aromatic heterocycles. The van der Waals surface area contributed by atoms with E-state index in [9.17, 15) is 0 Å². The van der Waals surface area contributed by atoms with Gasteiger partial charge in [0.1, 0.15) is 0 Å². The van der Waals surface area contributed by atoms with Crippen LogP contribution in [0, 0.1) is 0 Å². The molecule has 1 fully saturated rings. The third-order valence-electron chi connectivity index (χ3n) is 4.80. The summed E-state index contributed by atoms with van der Waals surface area (Å²) in [6.07, 6.45) is 1.18. The molecule has 1 saturated heterocycles. The minimum Gasteiger partial charge on any atom is -0.368 e. The SMILES string of the molecule is CCCNC(C)c1ccccc1N1CC(C)N(C)C(C)C1. The summed E-state index contributed by atoms with van der Waals surface area (Å²) in [4.78, 5) is 5.05. The molecule has 1 heterocycles. The van der Waals surface area contributed by atoms with Gasteiger partial charge in [0.2, 0.25) is 0 Å². The van der Waals surface area contributed by atoms with Crippen LogP contribution in [-0.4, -0.2) is 43.7 Å². The van der Waals surface area contributed by atoms with E-state index >= 15 is 0 Å². The molecule has 118 valence electrons. The van der Waals surface area contributed by atoms with Crippen molar-refractivity contribution >= 4 is 5.69 Å². The van der Waals surface area contributed by atoms with E-state index in [1.807, 2.05) is 0 Å². The van der Waals surface area contributed by atoms with Crippen molar-refractivity contribution in [3.8, 4) is 0 Å². The van der Waals surface area contributed by atoms with Crippen LogP contribution < -0.4 is 10.2 Å². The first kappa shape index (κ1) is 16.3. The van der Waals surface area contributed by atoms with Gasteiger partial charge in [-0.3, -0.25) is 4.90 Å². The fourth-order valence-electron chi connectivity index (χ4n) is 3.21. The summed E-state index contributed by atoms with van der Waals surface area (Å²) >= 11 is 0. The van der Waals surface area contributed by atoms with Gasteiger partial charge in [0.25, 0.3) is 0 Å². The molecule has 1 aliphatic rings. The molecule has 21 heavy (non-hydrogen) atoms. The van der Waals surface area contributed by atoms with Gasteiger partial charge in [-0.05, 0) is 52.4 Å². The van der Waals surface area contributed by atoms with E-state index in [2.05, 4.69) is 74.1 Å². The van der Waals surface area contributed by atoms with Gasteiger partial charge >= 0.3 is 0 Å². The second-order valence-corrected chi connectivity index (χ2v) is 6.50. The molecule has 3 unspecified atom stereocenters. The Morgan fingerprint density at radius 2 is 1.81 bits per heavy atom. The molecule has 1 aromatic rings. The first-order chi connectivity index (χ1) is 10.0. The lowest BCUT2D eigenvalue weighted by atomic mass is 10.0. The second kappa shape index (κ2) is 7.28. The van der Waals surface area contributed by atoms with Gasteiger partial charge in [-0.25, -0.2) is 0 Å². The zero-order valence-corrected chi connectivity index (χ0v) is 14.3. The number of anilines is 1. The highest BCUT2D eigenvalue weighted by atomic mass is 15.3. The highest BCUT2D eigenvalue weighted by Gasteiger charge is 2.28. The quantitative estimate of drug-likeness (QED) is 0.897. The first-order valence-corrected chi connectivity index (χ1v) is 8.33. The molecular formula is C18H31N3. The van der Waals surface area contributed by atoms with Crippen LogP contribution in [0.5, 0.6) is 0 Å². The summed E-state index contributed by atoms with van der Waals surface area (Å²) in [5, 5.41) is 3.62. The Morgan fingerprint density at radius 3 is 2.43 bits per heavy atom. The van der Waals surface area contributed by atoms with E-state index in [-0.39, 0.29) is 0 Å². The molecule has 1 N–H and O–H groups in total. The zero-order chi connectivity index (χ0) is 15.4. The van der Waals surface area contributed by atoms with Crippen molar-refractivity contribution in [2.45, 2.75) is 52.2 Å². The number of piperazine rings is 1. The van der Waals surface area contributed by atoms with Crippen LogP contribution in [0.15, 0.2) is 24.3 Å². The van der Waals surface area contributed by atoms with E-state index in [1.54, 1.807) is 0 Å². The van der Waals surface area contributed by atoms with Crippen molar-refractivity contribution in [3.63, 3.8) is 0 Å². The molecule has 0 amide bonds. The number of nitrogens with zero attached hydrogens (tertiary/aromatic N) is 2. The van der Waals surface area contributed by atoms with Crippen molar-refractivity contribution in [1.29, 1.82) is 0 Å². The summed E-state index contributed by atoms with van der Waals surface area (Å²) in [7, 11) is 2.24. The molecule has 3 nitrogen and oxygen atoms in total. The van der Waals surface area contributed by atoms with Crippen LogP contribution in [0.1, 0.15) is 45.7 Å². The van der Waals surface area contributed by atoms with Gasteiger partial charge in [0.05, 0.1) is 0 Å². The molecule has 1 aromatic carbocycles. The minimum atomic E-state index is 0.409. The van der Waals surface area contributed by atoms with E-state index in [0.29, 0.717) is 18.1 Å². The number of para-hydroxylation sites is 1. The van der Waals surface area contributed by atoms with Crippen molar-refractivity contribution < 1.29 is 0 Å². The van der Waals surface area contributed by atoms with Crippen molar-refractivity contribution in [1.82, 2.24) is 10.2 Å². The van der Waals surface area contributed by atoms with Crippen LogP contribution in [0.3, 0.4) is 0 Å². The lowest BCUT2D eigenvalue weighted by Gasteiger charge is -2.44. The van der Waals surface area contributed by atoms with Gasteiger partial charge < -0.3 is 10.2 Å². The second-order valence-electron chi connectivity index (χ2n) is 6.50. The summed E-state index contributed by atoms with van der Waals surface area (Å²) in [6.45, 7) is 12.4. The maximum Gasteiger partial charge on any atom is 0.0415 e. The fourth-order valence-corrected chi connectivity index (χ4v) is 3.21. The molecule has 2 rings (SSSR count). The lowest BCUT2D eigenvalue weighted by Crippen LogP contribution is -2.55. The molecule has 0 bridgehead atoms. The predicted molar refractivity (Wildman–Crippen MR) is 92.1 cm³/mol. The smallest absolute Gasteiger partial charge is 0.0415 e. The lowest BCUT2D eigenvalue weighted by molar-refractivity contribution is 0.170. The highest BCUT2D eigenvalue weighted by molar-refractivity contribution is 5.55. The zero-order valence-electron chi connectivity index (χ0n) is 14.3. The normalized spacial score (nSPS) is 25.1. The Balaban J connectivity index is 2.19.